The van der Waals surface area contributed by atoms with Gasteiger partial charge in [-0.3, -0.25) is 4.90 Å². The first-order chi connectivity index (χ1) is 9.95. The number of aromatic amines is 1. The highest BCUT2D eigenvalue weighted by Crippen LogP contribution is 2.29. The monoisotopic (exact) mass is 292 g/mol. The lowest BCUT2D eigenvalue weighted by molar-refractivity contribution is 0.177. The molecular formula is C17H25FN2O. The second-order valence-electron chi connectivity index (χ2n) is 5.99. The number of nitrogens with zero attached hydrogens (tertiary/aromatic N) is 1. The topological polar surface area (TPSA) is 28.3 Å². The smallest absolute Gasteiger partial charge is 0.174 e. The van der Waals surface area contributed by atoms with Crippen LogP contribution in [0.15, 0.2) is 18.3 Å². The largest absolute Gasteiger partial charge is 0.494 e. The van der Waals surface area contributed by atoms with E-state index in [2.05, 4.69) is 37.6 Å². The maximum Gasteiger partial charge on any atom is 0.174 e. The van der Waals surface area contributed by atoms with Gasteiger partial charge < -0.3 is 9.72 Å². The summed E-state index contributed by atoms with van der Waals surface area (Å²) in [6.45, 7) is 9.69. The third-order valence-electron chi connectivity index (χ3n) is 4.02. The molecule has 0 unspecified atom stereocenters. The van der Waals surface area contributed by atoms with Gasteiger partial charge in [0.15, 0.2) is 11.6 Å². The maximum absolute atomic E-state index is 14.4. The second kappa shape index (κ2) is 6.48. The predicted octanol–water partition coefficient (Wildman–Crippen LogP) is 3.98. The van der Waals surface area contributed by atoms with Gasteiger partial charge in [-0.15, -0.1) is 0 Å². The van der Waals surface area contributed by atoms with Gasteiger partial charge in [-0.1, -0.05) is 0 Å². The summed E-state index contributed by atoms with van der Waals surface area (Å²) in [7, 11) is 1.50. The Morgan fingerprint density at radius 2 is 1.86 bits per heavy atom. The number of benzene rings is 1. The maximum atomic E-state index is 14.4. The van der Waals surface area contributed by atoms with Crippen molar-refractivity contribution < 1.29 is 9.13 Å². The van der Waals surface area contributed by atoms with Gasteiger partial charge in [-0.25, -0.2) is 4.39 Å². The van der Waals surface area contributed by atoms with Crippen molar-refractivity contribution in [1.29, 1.82) is 0 Å². The molecule has 2 aromatic rings. The van der Waals surface area contributed by atoms with E-state index in [0.717, 1.165) is 24.0 Å². The van der Waals surface area contributed by atoms with Gasteiger partial charge in [0.2, 0.25) is 0 Å². The van der Waals surface area contributed by atoms with Crippen molar-refractivity contribution >= 4 is 10.9 Å². The lowest BCUT2D eigenvalue weighted by atomic mass is 10.1. The third-order valence-corrected chi connectivity index (χ3v) is 4.02. The molecule has 0 aliphatic carbocycles. The van der Waals surface area contributed by atoms with Gasteiger partial charge in [0.05, 0.1) is 7.11 Å². The number of methoxy groups -OCH3 is 1. The Bertz CT molecular complexity index is 596. The van der Waals surface area contributed by atoms with E-state index >= 15 is 0 Å². The molecule has 1 aromatic heterocycles. The Labute approximate surface area is 126 Å². The van der Waals surface area contributed by atoms with Crippen LogP contribution in [-0.4, -0.2) is 35.6 Å². The molecule has 0 fully saturated rings. The Morgan fingerprint density at radius 3 is 2.43 bits per heavy atom. The number of fused-ring (bicyclic) bond motifs is 1. The fraction of sp³-hybridized carbons (Fsp3) is 0.529. The molecule has 0 atom stereocenters. The molecule has 1 N–H and O–H groups in total. The van der Waals surface area contributed by atoms with E-state index in [1.807, 2.05) is 12.3 Å². The van der Waals surface area contributed by atoms with Crippen LogP contribution in [0, 0.1) is 5.82 Å². The molecule has 2 rings (SSSR count). The molecule has 0 spiro atoms. The molecule has 21 heavy (non-hydrogen) atoms. The SMILES string of the molecule is COc1ccc2[nH]cc(CCN(C(C)C)C(C)C)c2c1F. The van der Waals surface area contributed by atoms with Gasteiger partial charge in [0.1, 0.15) is 0 Å². The first-order valence-electron chi connectivity index (χ1n) is 7.53. The van der Waals surface area contributed by atoms with Crippen molar-refractivity contribution in [2.24, 2.45) is 0 Å². The van der Waals surface area contributed by atoms with Crippen LogP contribution in [0.2, 0.25) is 0 Å². The molecule has 0 aliphatic rings. The zero-order valence-electron chi connectivity index (χ0n) is 13.5. The summed E-state index contributed by atoms with van der Waals surface area (Å²) in [4.78, 5) is 5.56. The first kappa shape index (κ1) is 15.8. The van der Waals surface area contributed by atoms with Gasteiger partial charge >= 0.3 is 0 Å². The van der Waals surface area contributed by atoms with Crippen LogP contribution in [0.3, 0.4) is 0 Å². The highest BCUT2D eigenvalue weighted by molar-refractivity contribution is 5.85. The van der Waals surface area contributed by atoms with E-state index in [9.17, 15) is 4.39 Å². The predicted molar refractivity (Wildman–Crippen MR) is 85.5 cm³/mol. The Hall–Kier alpha value is -1.55. The second-order valence-corrected chi connectivity index (χ2v) is 5.99. The number of halogens is 1. The van der Waals surface area contributed by atoms with E-state index in [0.29, 0.717) is 23.2 Å². The van der Waals surface area contributed by atoms with Crippen molar-refractivity contribution in [3.63, 3.8) is 0 Å². The Balaban J connectivity index is 2.26. The van der Waals surface area contributed by atoms with Crippen molar-refractivity contribution in [2.45, 2.75) is 46.2 Å². The van der Waals surface area contributed by atoms with Crippen LogP contribution in [-0.2, 0) is 6.42 Å². The molecule has 0 saturated carbocycles. The van der Waals surface area contributed by atoms with Crippen LogP contribution in [0.4, 0.5) is 4.39 Å². The highest BCUT2D eigenvalue weighted by atomic mass is 19.1. The molecule has 1 aromatic carbocycles. The van der Waals surface area contributed by atoms with E-state index in [4.69, 9.17) is 4.74 Å². The van der Waals surface area contributed by atoms with Crippen LogP contribution >= 0.6 is 0 Å². The summed E-state index contributed by atoms with van der Waals surface area (Å²) < 4.78 is 19.5. The molecule has 0 radical (unpaired) electrons. The summed E-state index contributed by atoms with van der Waals surface area (Å²) in [5.41, 5.74) is 1.83. The average molecular weight is 292 g/mol. The van der Waals surface area contributed by atoms with Crippen LogP contribution in [0.25, 0.3) is 10.9 Å². The normalized spacial score (nSPS) is 12.0. The Morgan fingerprint density at radius 1 is 1.19 bits per heavy atom. The Kier molecular flexibility index (Phi) is 4.88. The quantitative estimate of drug-likeness (QED) is 0.872. The zero-order chi connectivity index (χ0) is 15.6. The lowest BCUT2D eigenvalue weighted by Gasteiger charge is -2.30. The lowest BCUT2D eigenvalue weighted by Crippen LogP contribution is -2.38. The van der Waals surface area contributed by atoms with Gasteiger partial charge in [0.25, 0.3) is 0 Å². The number of aromatic nitrogens is 1. The summed E-state index contributed by atoms with van der Waals surface area (Å²) in [5, 5.41) is 0.654. The zero-order valence-corrected chi connectivity index (χ0v) is 13.5. The minimum absolute atomic E-state index is 0.271. The summed E-state index contributed by atoms with van der Waals surface area (Å²) in [5.74, 6) is 0.0276. The molecule has 0 amide bonds. The van der Waals surface area contributed by atoms with Gasteiger partial charge in [-0.2, -0.15) is 0 Å². The van der Waals surface area contributed by atoms with E-state index in [-0.39, 0.29) is 5.82 Å². The molecular weight excluding hydrogens is 267 g/mol. The number of nitrogens with one attached hydrogen (secondary N) is 1. The van der Waals surface area contributed by atoms with E-state index in [1.54, 1.807) is 6.07 Å². The molecule has 116 valence electrons. The number of ether oxygens (including phenoxy) is 1. The van der Waals surface area contributed by atoms with Crippen molar-refractivity contribution in [2.75, 3.05) is 13.7 Å². The van der Waals surface area contributed by atoms with Crippen LogP contribution in [0.5, 0.6) is 5.75 Å². The van der Waals surface area contributed by atoms with Crippen molar-refractivity contribution in [3.05, 3.63) is 29.7 Å². The van der Waals surface area contributed by atoms with E-state index in [1.165, 1.54) is 7.11 Å². The summed E-state index contributed by atoms with van der Waals surface area (Å²) in [6.07, 6.45) is 2.73. The first-order valence-corrected chi connectivity index (χ1v) is 7.53. The van der Waals surface area contributed by atoms with Crippen molar-refractivity contribution in [3.8, 4) is 5.75 Å². The molecule has 0 saturated heterocycles. The fourth-order valence-electron chi connectivity index (χ4n) is 2.95. The molecule has 3 nitrogen and oxygen atoms in total. The van der Waals surface area contributed by atoms with Gasteiger partial charge in [0, 0.05) is 35.7 Å². The standard InChI is InChI=1S/C17H25FN2O/c1-11(2)20(12(3)4)9-8-13-10-19-14-6-7-15(21-5)17(18)16(13)14/h6-7,10-12,19H,8-9H2,1-5H3. The summed E-state index contributed by atoms with van der Waals surface area (Å²) in [6, 6.07) is 4.49. The number of hydrogen-bond acceptors (Lipinski definition) is 2. The van der Waals surface area contributed by atoms with Gasteiger partial charge in [-0.05, 0) is 51.8 Å². The van der Waals surface area contributed by atoms with E-state index < -0.39 is 0 Å². The third kappa shape index (κ3) is 3.21. The molecule has 0 aliphatic heterocycles. The minimum Gasteiger partial charge on any atom is -0.494 e. The van der Waals surface area contributed by atoms with Crippen molar-refractivity contribution in [1.82, 2.24) is 9.88 Å². The highest BCUT2D eigenvalue weighted by Gasteiger charge is 2.17. The fourth-order valence-corrected chi connectivity index (χ4v) is 2.95. The number of hydrogen-bond donors (Lipinski definition) is 1. The minimum atomic E-state index is -0.271. The van der Waals surface area contributed by atoms with Crippen LogP contribution in [0.1, 0.15) is 33.3 Å². The molecule has 4 heteroatoms. The number of H-pyrrole nitrogens is 1. The summed E-state index contributed by atoms with van der Waals surface area (Å²) >= 11 is 0. The molecule has 0 bridgehead atoms. The number of rotatable bonds is 6. The average Bonchev–Trinajstić information content (AvgIpc) is 2.83. The molecule has 1 heterocycles. The van der Waals surface area contributed by atoms with Crippen LogP contribution < -0.4 is 4.74 Å².